The molecule has 13 heteroatoms. The number of carbonyl (C=O) groups is 3. The first-order valence-electron chi connectivity index (χ1n) is 22.7. The number of fused-ring (bicyclic) bond motifs is 2. The van der Waals surface area contributed by atoms with Gasteiger partial charge in [-0.3, -0.25) is 9.59 Å². The number of carbonyl (C=O) groups excluding carboxylic acids is 3. The molecule has 0 saturated heterocycles. The molecule has 0 radical (unpaired) electrons. The smallest absolute Gasteiger partial charge is 0.314 e. The molecule has 63 heavy (non-hydrogen) atoms. The fraction of sp³-hybridized carbons (Fsp3) is 0.480. The van der Waals surface area contributed by atoms with Crippen molar-refractivity contribution in [2.75, 3.05) is 52.2 Å². The molecule has 0 bridgehead atoms. The van der Waals surface area contributed by atoms with Crippen molar-refractivity contribution in [2.45, 2.75) is 113 Å². The predicted octanol–water partition coefficient (Wildman–Crippen LogP) is 9.50. The van der Waals surface area contributed by atoms with E-state index < -0.39 is 0 Å². The number of hydrogen-bond acceptors (Lipinski definition) is 8. The Morgan fingerprint density at radius 1 is 0.889 bits per heavy atom. The molecule has 0 atom stereocenters. The summed E-state index contributed by atoms with van der Waals surface area (Å²) >= 11 is 0. The number of unbranched alkanes of at least 4 members (excludes halogenated alkanes) is 1. The number of nitrogens with zero attached hydrogens (tertiary/aromatic N) is 3. The first kappa shape index (κ1) is 53.2. The number of amides is 4. The molecule has 1 aliphatic rings. The Morgan fingerprint density at radius 3 is 2.21 bits per heavy atom. The average Bonchev–Trinajstić information content (AvgIpc) is 3.75. The lowest BCUT2D eigenvalue weighted by Gasteiger charge is -2.28. The molecule has 1 aromatic heterocycles. The Morgan fingerprint density at radius 2 is 1.57 bits per heavy atom. The van der Waals surface area contributed by atoms with E-state index in [-0.39, 0.29) is 24.4 Å². The predicted molar refractivity (Wildman–Crippen MR) is 261 cm³/mol. The molecule has 2 heterocycles. The molecule has 4 amide bonds. The van der Waals surface area contributed by atoms with Gasteiger partial charge in [0.25, 0.3) is 5.91 Å². The van der Waals surface area contributed by atoms with Gasteiger partial charge in [-0.25, -0.2) is 9.78 Å². The highest BCUT2D eigenvalue weighted by molar-refractivity contribution is 6.06. The lowest BCUT2D eigenvalue weighted by molar-refractivity contribution is -0.131. The number of methoxy groups -OCH3 is 1. The van der Waals surface area contributed by atoms with Crippen molar-refractivity contribution in [1.29, 1.82) is 0 Å². The number of allylic oxidation sites excluding steroid dienone is 2. The van der Waals surface area contributed by atoms with Gasteiger partial charge in [-0.2, -0.15) is 0 Å². The SMILES string of the molecule is C=C(CN(CCC)C(=C)CNC(=O)NC)N/C(=C\C)c1ccc2c(c1)CCc1ccc(-c3cnc(CN(CCC)C(=O)CN/C(=C/CCC)OC)[nH]3)cc1C(=O)N2.CCC.CCC. The Balaban J connectivity index is 0.00000215. The third-order valence-electron chi connectivity index (χ3n) is 9.66. The molecular weight excluding hydrogens is 791 g/mol. The lowest BCUT2D eigenvalue weighted by atomic mass is 9.93. The number of aromatic nitrogens is 2. The van der Waals surface area contributed by atoms with Gasteiger partial charge in [0, 0.05) is 54.0 Å². The molecule has 346 valence electrons. The van der Waals surface area contributed by atoms with Crippen LogP contribution in [-0.2, 0) is 28.9 Å². The molecule has 0 spiro atoms. The third kappa shape index (κ3) is 17.7. The number of nitrogens with one attached hydrogen (secondary N) is 6. The van der Waals surface area contributed by atoms with Crippen LogP contribution >= 0.6 is 0 Å². The number of urea groups is 1. The summed E-state index contributed by atoms with van der Waals surface area (Å²) in [5, 5.41) is 15.1. The fourth-order valence-corrected chi connectivity index (χ4v) is 6.60. The van der Waals surface area contributed by atoms with Gasteiger partial charge in [-0.15, -0.1) is 0 Å². The van der Waals surface area contributed by atoms with E-state index in [2.05, 4.69) is 102 Å². The number of ether oxygens (including phenoxy) is 1. The number of H-pyrrole nitrogens is 1. The van der Waals surface area contributed by atoms with Crippen molar-refractivity contribution in [1.82, 2.24) is 41.0 Å². The number of benzene rings is 2. The molecule has 6 N–H and O–H groups in total. The summed E-state index contributed by atoms with van der Waals surface area (Å²) in [5.74, 6) is 1.04. The zero-order chi connectivity index (χ0) is 46.7. The number of hydrogen-bond donors (Lipinski definition) is 6. The number of aryl methyl sites for hydroxylation is 2. The molecular formula is C50H77N9O4. The van der Waals surface area contributed by atoms with Gasteiger partial charge in [-0.1, -0.05) is 105 Å². The van der Waals surface area contributed by atoms with Crippen LogP contribution in [0.15, 0.2) is 85.2 Å². The van der Waals surface area contributed by atoms with E-state index >= 15 is 0 Å². The summed E-state index contributed by atoms with van der Waals surface area (Å²) in [5.41, 5.74) is 8.50. The number of imidazole rings is 1. The molecule has 0 fully saturated rings. The van der Waals surface area contributed by atoms with E-state index in [9.17, 15) is 14.4 Å². The van der Waals surface area contributed by atoms with E-state index in [4.69, 9.17) is 4.74 Å². The Labute approximate surface area is 378 Å². The maximum atomic E-state index is 13.8. The second-order valence-corrected chi connectivity index (χ2v) is 15.4. The Kier molecular flexibility index (Phi) is 24.8. The van der Waals surface area contributed by atoms with Crippen LogP contribution in [0.3, 0.4) is 0 Å². The van der Waals surface area contributed by atoms with Gasteiger partial charge in [0.1, 0.15) is 5.82 Å². The van der Waals surface area contributed by atoms with Gasteiger partial charge < -0.3 is 46.1 Å². The van der Waals surface area contributed by atoms with Crippen LogP contribution in [0.1, 0.15) is 127 Å². The van der Waals surface area contributed by atoms with Crippen LogP contribution in [0.4, 0.5) is 10.5 Å². The van der Waals surface area contributed by atoms with E-state index in [0.717, 1.165) is 89.4 Å². The first-order valence-corrected chi connectivity index (χ1v) is 22.7. The second kappa shape index (κ2) is 29.3. The minimum Gasteiger partial charge on any atom is -0.483 e. The number of aromatic amines is 1. The van der Waals surface area contributed by atoms with Gasteiger partial charge >= 0.3 is 6.03 Å². The van der Waals surface area contributed by atoms with Crippen LogP contribution in [-0.4, -0.2) is 84.5 Å². The minimum atomic E-state index is -0.254. The molecule has 0 unspecified atom stereocenters. The van der Waals surface area contributed by atoms with Crippen LogP contribution < -0.4 is 26.6 Å². The zero-order valence-electron chi connectivity index (χ0n) is 40.0. The molecule has 0 saturated carbocycles. The summed E-state index contributed by atoms with van der Waals surface area (Å²) in [7, 11) is 3.17. The van der Waals surface area contributed by atoms with Crippen LogP contribution in [0.2, 0.25) is 0 Å². The normalized spacial score (nSPS) is 11.9. The summed E-state index contributed by atoms with van der Waals surface area (Å²) in [4.78, 5) is 50.5. The fourth-order valence-electron chi connectivity index (χ4n) is 6.60. The van der Waals surface area contributed by atoms with Crippen molar-refractivity contribution in [2.24, 2.45) is 0 Å². The van der Waals surface area contributed by atoms with Crippen LogP contribution in [0.5, 0.6) is 0 Å². The highest BCUT2D eigenvalue weighted by Gasteiger charge is 2.21. The highest BCUT2D eigenvalue weighted by atomic mass is 16.5. The molecule has 1 aliphatic heterocycles. The van der Waals surface area contributed by atoms with Gasteiger partial charge in [-0.05, 0) is 80.0 Å². The van der Waals surface area contributed by atoms with Crippen molar-refractivity contribution in [3.8, 4) is 11.3 Å². The third-order valence-corrected chi connectivity index (χ3v) is 9.66. The van der Waals surface area contributed by atoms with Gasteiger partial charge in [0.05, 0.1) is 45.2 Å². The molecule has 13 nitrogen and oxygen atoms in total. The Bertz CT molecular complexity index is 1980. The summed E-state index contributed by atoms with van der Waals surface area (Å²) in [6.07, 6.45) is 13.2. The molecule has 0 aliphatic carbocycles. The molecule has 3 aromatic rings. The van der Waals surface area contributed by atoms with Crippen molar-refractivity contribution in [3.05, 3.63) is 113 Å². The van der Waals surface area contributed by atoms with Crippen molar-refractivity contribution < 1.29 is 19.1 Å². The maximum absolute atomic E-state index is 13.8. The van der Waals surface area contributed by atoms with Crippen LogP contribution in [0.25, 0.3) is 17.0 Å². The van der Waals surface area contributed by atoms with Crippen LogP contribution in [0, 0.1) is 0 Å². The van der Waals surface area contributed by atoms with Crippen molar-refractivity contribution in [3.63, 3.8) is 0 Å². The number of anilines is 1. The van der Waals surface area contributed by atoms with Gasteiger partial charge in [0.2, 0.25) is 5.91 Å². The second-order valence-electron chi connectivity index (χ2n) is 15.4. The van der Waals surface area contributed by atoms with Gasteiger partial charge in [0.15, 0.2) is 5.88 Å². The summed E-state index contributed by atoms with van der Waals surface area (Å²) in [6, 6.07) is 11.8. The van der Waals surface area contributed by atoms with E-state index in [1.54, 1.807) is 25.3 Å². The van der Waals surface area contributed by atoms with E-state index in [0.29, 0.717) is 49.9 Å². The monoisotopic (exact) mass is 868 g/mol. The quantitative estimate of drug-likeness (QED) is 0.0579. The first-order chi connectivity index (χ1) is 30.4. The summed E-state index contributed by atoms with van der Waals surface area (Å²) in [6.45, 7) is 27.9. The van der Waals surface area contributed by atoms with E-state index in [1.165, 1.54) is 12.8 Å². The summed E-state index contributed by atoms with van der Waals surface area (Å²) < 4.78 is 5.37. The topological polar surface area (TPSA) is 156 Å². The number of rotatable bonds is 21. The maximum Gasteiger partial charge on any atom is 0.314 e. The average molecular weight is 868 g/mol. The largest absolute Gasteiger partial charge is 0.483 e. The standard InChI is InChI=1S/C44H61N9O4.2C3H8/c1-9-13-14-41(57-8)47-27-42(54)53(22-11-3)29-40-46-26-39(50-40)35-18-16-32-15-17-34-23-33(19-20-38(34)51-43(55)36(32)24-35)37(12-4)49-30(5)28-52(21-10-2)31(6)25-48-44(56)45-7;2*1-3-2/h12,14,16,18-20,23-24,26,47,49H,5-6,9-11,13,15,17,21-22,25,27-29H2,1-4,7-8H3,(H,46,50)(H,51,55)(H2,45,48,56);2*3H2,1-2H3/b37-12-,41-14-;;. The molecule has 4 rings (SSSR count). The van der Waals surface area contributed by atoms with E-state index in [1.807, 2.05) is 56.3 Å². The lowest BCUT2D eigenvalue weighted by Crippen LogP contribution is -2.38. The zero-order valence-corrected chi connectivity index (χ0v) is 40.0. The highest BCUT2D eigenvalue weighted by Crippen LogP contribution is 2.29. The Hall–Kier alpha value is -5.98. The minimum absolute atomic E-state index is 0.0476. The molecule has 2 aromatic carbocycles. The van der Waals surface area contributed by atoms with Crippen molar-refractivity contribution >= 4 is 29.2 Å².